The van der Waals surface area contributed by atoms with E-state index < -0.39 is 0 Å². The number of aliphatic hydroxyl groups is 3. The van der Waals surface area contributed by atoms with Crippen LogP contribution in [-0.2, 0) is 6.42 Å². The lowest BCUT2D eigenvalue weighted by atomic mass is 9.43. The summed E-state index contributed by atoms with van der Waals surface area (Å²) in [6, 6.07) is 5.10. The molecule has 0 aliphatic heterocycles. The van der Waals surface area contributed by atoms with Gasteiger partial charge in [0.1, 0.15) is 5.82 Å². The molecule has 11 atom stereocenters. The van der Waals surface area contributed by atoms with E-state index in [0.29, 0.717) is 34.3 Å². The standard InChI is InChI=1S/C30H42FNO3S/c1-16(7-10-26-32-23-6-4-5-22(31)28(23)36-26)19-8-9-20-27-21(15-25(35)30(19,20)3)29(2)12-11-18(33)13-17(29)14-24(27)34/h4-6,16-21,24-25,27,33-35H,7-15H2,1-3H3/t16?,17-,18+,19+,20-,21-,24+,25-,27-,29-,30+/m0/s1. The van der Waals surface area contributed by atoms with E-state index in [-0.39, 0.29) is 40.9 Å². The summed E-state index contributed by atoms with van der Waals surface area (Å²) < 4.78 is 14.8. The van der Waals surface area contributed by atoms with Crippen LogP contribution in [0.2, 0.25) is 0 Å². The Hall–Kier alpha value is -1.08. The number of rotatable bonds is 4. The van der Waals surface area contributed by atoms with E-state index >= 15 is 0 Å². The molecular weight excluding hydrogens is 473 g/mol. The number of aliphatic hydroxyl groups excluding tert-OH is 3. The number of nitrogens with zero attached hydrogens (tertiary/aromatic N) is 1. The normalized spacial score (nSPS) is 45.2. The number of aryl methyl sites for hydroxylation is 1. The molecule has 2 aromatic rings. The SMILES string of the molecule is CC(CCc1nc2cccc(F)c2s1)[C@H]1CC[C@H]2[C@@H]3[C@H](O)C[C@@H]4C[C@H](O)CC[C@]4(C)[C@H]3C[C@H](O)[C@]12C. The Morgan fingerprint density at radius 2 is 1.89 bits per heavy atom. The van der Waals surface area contributed by atoms with Crippen LogP contribution in [0.5, 0.6) is 0 Å². The largest absolute Gasteiger partial charge is 0.393 e. The Kier molecular flexibility index (Phi) is 6.30. The van der Waals surface area contributed by atoms with Gasteiger partial charge in [-0.25, -0.2) is 9.37 Å². The number of thiazole rings is 1. The van der Waals surface area contributed by atoms with Gasteiger partial charge in [-0.15, -0.1) is 11.3 Å². The lowest BCUT2D eigenvalue weighted by Crippen LogP contribution is -2.62. The molecule has 6 rings (SSSR count). The summed E-state index contributed by atoms with van der Waals surface area (Å²) in [6.45, 7) is 7.02. The predicted octanol–water partition coefficient (Wildman–Crippen LogP) is 5.97. The van der Waals surface area contributed by atoms with E-state index in [9.17, 15) is 19.7 Å². The molecule has 6 heteroatoms. The maximum absolute atomic E-state index is 14.2. The van der Waals surface area contributed by atoms with Crippen LogP contribution < -0.4 is 0 Å². The first-order chi connectivity index (χ1) is 17.1. The van der Waals surface area contributed by atoms with Crippen LogP contribution in [0.25, 0.3) is 10.2 Å². The average molecular weight is 516 g/mol. The second kappa shape index (κ2) is 9.00. The number of hydrogen-bond donors (Lipinski definition) is 3. The van der Waals surface area contributed by atoms with Gasteiger partial charge in [-0.1, -0.05) is 26.8 Å². The molecule has 0 bridgehead atoms. The van der Waals surface area contributed by atoms with Crippen molar-refractivity contribution in [2.45, 2.75) is 96.9 Å². The van der Waals surface area contributed by atoms with Gasteiger partial charge < -0.3 is 15.3 Å². The van der Waals surface area contributed by atoms with E-state index in [0.717, 1.165) is 68.3 Å². The summed E-state index contributed by atoms with van der Waals surface area (Å²) in [5.74, 6) is 1.92. The zero-order valence-electron chi connectivity index (χ0n) is 21.9. The molecule has 1 aromatic heterocycles. The Bertz CT molecular complexity index is 1120. The van der Waals surface area contributed by atoms with Crippen LogP contribution in [0.15, 0.2) is 18.2 Å². The van der Waals surface area contributed by atoms with Crippen molar-refractivity contribution in [3.63, 3.8) is 0 Å². The van der Waals surface area contributed by atoms with Gasteiger partial charge in [0.15, 0.2) is 0 Å². The second-order valence-electron chi connectivity index (χ2n) is 13.2. The number of hydrogen-bond acceptors (Lipinski definition) is 5. The highest BCUT2D eigenvalue weighted by atomic mass is 32.1. The molecule has 36 heavy (non-hydrogen) atoms. The van der Waals surface area contributed by atoms with Crippen molar-refractivity contribution >= 4 is 21.6 Å². The van der Waals surface area contributed by atoms with Crippen molar-refractivity contribution in [3.05, 3.63) is 29.0 Å². The van der Waals surface area contributed by atoms with Crippen LogP contribution in [0.4, 0.5) is 4.39 Å². The van der Waals surface area contributed by atoms with E-state index in [1.165, 1.54) is 17.4 Å². The minimum absolute atomic E-state index is 0.108. The molecule has 4 saturated carbocycles. The quantitative estimate of drug-likeness (QED) is 0.469. The predicted molar refractivity (Wildman–Crippen MR) is 141 cm³/mol. The van der Waals surface area contributed by atoms with Crippen molar-refractivity contribution < 1.29 is 19.7 Å². The Balaban J connectivity index is 1.21. The van der Waals surface area contributed by atoms with Gasteiger partial charge in [-0.3, -0.25) is 0 Å². The highest BCUT2D eigenvalue weighted by molar-refractivity contribution is 7.18. The first-order valence-corrected chi connectivity index (χ1v) is 15.0. The fourth-order valence-electron chi connectivity index (χ4n) is 9.75. The summed E-state index contributed by atoms with van der Waals surface area (Å²) in [5.41, 5.74) is 0.674. The fourth-order valence-corrected chi connectivity index (χ4v) is 10.7. The molecule has 4 aliphatic rings. The summed E-state index contributed by atoms with van der Waals surface area (Å²) in [7, 11) is 0. The van der Waals surface area contributed by atoms with Gasteiger partial charge in [0.05, 0.1) is 33.5 Å². The Morgan fingerprint density at radius 3 is 2.67 bits per heavy atom. The number of aromatic nitrogens is 1. The zero-order valence-corrected chi connectivity index (χ0v) is 22.7. The smallest absolute Gasteiger partial charge is 0.142 e. The van der Waals surface area contributed by atoms with Gasteiger partial charge in [-0.05, 0) is 116 Å². The minimum Gasteiger partial charge on any atom is -0.393 e. The van der Waals surface area contributed by atoms with E-state index in [2.05, 4.69) is 25.8 Å². The van der Waals surface area contributed by atoms with E-state index in [1.54, 1.807) is 6.07 Å². The third kappa shape index (κ3) is 3.72. The second-order valence-corrected chi connectivity index (χ2v) is 14.3. The molecule has 1 heterocycles. The summed E-state index contributed by atoms with van der Waals surface area (Å²) >= 11 is 1.47. The Morgan fingerprint density at radius 1 is 1.08 bits per heavy atom. The van der Waals surface area contributed by atoms with Gasteiger partial charge in [-0.2, -0.15) is 0 Å². The monoisotopic (exact) mass is 515 g/mol. The Labute approximate surface area is 218 Å². The molecule has 0 radical (unpaired) electrons. The highest BCUT2D eigenvalue weighted by Crippen LogP contribution is 2.68. The van der Waals surface area contributed by atoms with Crippen LogP contribution in [0.3, 0.4) is 0 Å². The summed E-state index contributed by atoms with van der Waals surface area (Å²) in [4.78, 5) is 4.68. The molecule has 1 aromatic carbocycles. The van der Waals surface area contributed by atoms with Crippen LogP contribution >= 0.6 is 11.3 Å². The fraction of sp³-hybridized carbons (Fsp3) is 0.767. The molecule has 0 saturated heterocycles. The van der Waals surface area contributed by atoms with Crippen LogP contribution in [0.1, 0.15) is 77.1 Å². The number of benzene rings is 1. The first-order valence-electron chi connectivity index (χ1n) is 14.2. The minimum atomic E-state index is -0.357. The summed E-state index contributed by atoms with van der Waals surface area (Å²) in [5, 5.41) is 34.5. The topological polar surface area (TPSA) is 73.6 Å². The van der Waals surface area contributed by atoms with Crippen LogP contribution in [0, 0.1) is 52.2 Å². The molecule has 4 fully saturated rings. The number of fused-ring (bicyclic) bond motifs is 6. The van der Waals surface area contributed by atoms with Gasteiger partial charge in [0.25, 0.3) is 0 Å². The molecular formula is C30H42FNO3S. The highest BCUT2D eigenvalue weighted by Gasteiger charge is 2.65. The lowest BCUT2D eigenvalue weighted by Gasteiger charge is -2.63. The molecule has 0 amide bonds. The maximum atomic E-state index is 14.2. The van der Waals surface area contributed by atoms with Crippen molar-refractivity contribution in [2.75, 3.05) is 0 Å². The maximum Gasteiger partial charge on any atom is 0.142 e. The van der Waals surface area contributed by atoms with Crippen molar-refractivity contribution in [1.29, 1.82) is 0 Å². The molecule has 1 unspecified atom stereocenters. The van der Waals surface area contributed by atoms with E-state index in [1.807, 2.05) is 6.07 Å². The van der Waals surface area contributed by atoms with Crippen LogP contribution in [-0.4, -0.2) is 38.6 Å². The van der Waals surface area contributed by atoms with Crippen molar-refractivity contribution in [2.24, 2.45) is 46.3 Å². The summed E-state index contributed by atoms with van der Waals surface area (Å²) in [6.07, 6.45) is 7.29. The van der Waals surface area contributed by atoms with E-state index in [4.69, 9.17) is 0 Å². The molecule has 4 aliphatic carbocycles. The molecule has 198 valence electrons. The number of halogens is 1. The van der Waals surface area contributed by atoms with Gasteiger partial charge in [0, 0.05) is 0 Å². The lowest BCUT2D eigenvalue weighted by molar-refractivity contribution is -0.207. The van der Waals surface area contributed by atoms with Gasteiger partial charge in [0.2, 0.25) is 0 Å². The third-order valence-electron chi connectivity index (χ3n) is 11.7. The van der Waals surface area contributed by atoms with Crippen molar-refractivity contribution in [1.82, 2.24) is 4.98 Å². The average Bonchev–Trinajstić information content (AvgIpc) is 3.42. The zero-order chi connectivity index (χ0) is 25.4. The van der Waals surface area contributed by atoms with Gasteiger partial charge >= 0.3 is 0 Å². The first kappa shape index (κ1) is 25.2. The molecule has 0 spiro atoms. The molecule has 3 N–H and O–H groups in total. The third-order valence-corrected chi connectivity index (χ3v) is 12.9. The van der Waals surface area contributed by atoms with Crippen molar-refractivity contribution in [3.8, 4) is 0 Å². The molecule has 4 nitrogen and oxygen atoms in total.